The Labute approximate surface area is 243 Å². The van der Waals surface area contributed by atoms with E-state index in [1.807, 2.05) is 44.2 Å². The van der Waals surface area contributed by atoms with Gasteiger partial charge in [-0.1, -0.05) is 62.4 Å². The van der Waals surface area contributed by atoms with E-state index in [2.05, 4.69) is 5.32 Å². The molecule has 0 spiro atoms. The third-order valence-corrected chi connectivity index (χ3v) is 8.46. The van der Waals surface area contributed by atoms with E-state index in [1.165, 1.54) is 37.3 Å². The van der Waals surface area contributed by atoms with Crippen LogP contribution in [-0.2, 0) is 26.0 Å². The van der Waals surface area contributed by atoms with E-state index in [1.54, 1.807) is 30.3 Å². The molecule has 3 rings (SSSR count). The zero-order chi connectivity index (χ0) is 29.8. The topological polar surface area (TPSA) is 105 Å². The predicted molar refractivity (Wildman–Crippen MR) is 160 cm³/mol. The van der Waals surface area contributed by atoms with E-state index >= 15 is 0 Å². The average Bonchev–Trinajstić information content (AvgIpc) is 3.00. The van der Waals surface area contributed by atoms with Crippen LogP contribution in [-0.4, -0.2) is 65.0 Å². The van der Waals surface area contributed by atoms with Crippen molar-refractivity contribution >= 4 is 27.5 Å². The molecule has 0 aliphatic heterocycles. The first-order valence-electron chi connectivity index (χ1n) is 13.7. The second kappa shape index (κ2) is 15.1. The number of carbonyl (C=O) groups is 2. The average molecular weight is 582 g/mol. The number of rotatable bonds is 15. The second-order valence-electron chi connectivity index (χ2n) is 9.40. The summed E-state index contributed by atoms with van der Waals surface area (Å²) in [5.74, 6) is -0.113. The summed E-state index contributed by atoms with van der Waals surface area (Å²) in [5.41, 5.74) is 1.33. The SMILES string of the molecule is CCCNC(=O)[C@@H](CC)N(CCc1ccccc1)C(=O)CN(c1ccccc1)S(=O)(=O)c1ccc(OC)c(OC)c1. The van der Waals surface area contributed by atoms with Gasteiger partial charge in [0, 0.05) is 19.2 Å². The third-order valence-electron chi connectivity index (χ3n) is 6.69. The van der Waals surface area contributed by atoms with Crippen LogP contribution < -0.4 is 19.1 Å². The maximum atomic E-state index is 14.0. The molecule has 3 aromatic rings. The van der Waals surface area contributed by atoms with Gasteiger partial charge in [-0.2, -0.15) is 0 Å². The molecule has 0 bridgehead atoms. The summed E-state index contributed by atoms with van der Waals surface area (Å²) < 4.78 is 39.7. The van der Waals surface area contributed by atoms with E-state index in [0.29, 0.717) is 30.8 Å². The highest BCUT2D eigenvalue weighted by Crippen LogP contribution is 2.32. The summed E-state index contributed by atoms with van der Waals surface area (Å²) in [6.07, 6.45) is 1.65. The maximum Gasteiger partial charge on any atom is 0.264 e. The van der Waals surface area contributed by atoms with Crippen molar-refractivity contribution in [3.8, 4) is 11.5 Å². The number of carbonyl (C=O) groups excluding carboxylic acids is 2. The van der Waals surface area contributed by atoms with Gasteiger partial charge in [-0.05, 0) is 49.1 Å². The summed E-state index contributed by atoms with van der Waals surface area (Å²) in [6.45, 7) is 4.04. The van der Waals surface area contributed by atoms with Gasteiger partial charge in [0.25, 0.3) is 10.0 Å². The highest BCUT2D eigenvalue weighted by atomic mass is 32.2. The monoisotopic (exact) mass is 581 g/mol. The lowest BCUT2D eigenvalue weighted by Crippen LogP contribution is -2.53. The Hall–Kier alpha value is -4.05. The van der Waals surface area contributed by atoms with Gasteiger partial charge in [0.2, 0.25) is 11.8 Å². The first kappa shape index (κ1) is 31.5. The summed E-state index contributed by atoms with van der Waals surface area (Å²) >= 11 is 0. The Morgan fingerprint density at radius 1 is 0.878 bits per heavy atom. The molecule has 0 aromatic heterocycles. The smallest absolute Gasteiger partial charge is 0.264 e. The minimum absolute atomic E-state index is 0.0598. The number of hydrogen-bond donors (Lipinski definition) is 1. The van der Waals surface area contributed by atoms with Gasteiger partial charge in [0.1, 0.15) is 12.6 Å². The number of nitrogens with one attached hydrogen (secondary N) is 1. The lowest BCUT2D eigenvalue weighted by Gasteiger charge is -2.33. The van der Waals surface area contributed by atoms with Crippen LogP contribution in [0.4, 0.5) is 5.69 Å². The van der Waals surface area contributed by atoms with Crippen molar-refractivity contribution in [2.75, 3.05) is 38.2 Å². The zero-order valence-corrected chi connectivity index (χ0v) is 24.9. The third kappa shape index (κ3) is 8.00. The van der Waals surface area contributed by atoms with Crippen molar-refractivity contribution in [1.82, 2.24) is 10.2 Å². The summed E-state index contributed by atoms with van der Waals surface area (Å²) in [4.78, 5) is 28.6. The molecule has 3 aromatic carbocycles. The Kier molecular flexibility index (Phi) is 11.6. The van der Waals surface area contributed by atoms with Crippen molar-refractivity contribution in [3.05, 3.63) is 84.4 Å². The Morgan fingerprint density at radius 2 is 1.51 bits per heavy atom. The molecule has 2 amide bonds. The van der Waals surface area contributed by atoms with E-state index in [0.717, 1.165) is 16.3 Å². The molecule has 41 heavy (non-hydrogen) atoms. The number of amides is 2. The highest BCUT2D eigenvalue weighted by Gasteiger charge is 2.33. The molecular weight excluding hydrogens is 542 g/mol. The molecule has 0 heterocycles. The van der Waals surface area contributed by atoms with Crippen LogP contribution in [0.15, 0.2) is 83.8 Å². The van der Waals surface area contributed by atoms with Crippen molar-refractivity contribution in [1.29, 1.82) is 0 Å². The Bertz CT molecular complexity index is 1380. The molecule has 0 saturated heterocycles. The lowest BCUT2D eigenvalue weighted by molar-refractivity contribution is -0.139. The van der Waals surface area contributed by atoms with Crippen molar-refractivity contribution < 1.29 is 27.5 Å². The van der Waals surface area contributed by atoms with Crippen LogP contribution in [0, 0.1) is 0 Å². The molecule has 9 nitrogen and oxygen atoms in total. The van der Waals surface area contributed by atoms with Crippen LogP contribution in [0.1, 0.15) is 32.3 Å². The normalized spacial score (nSPS) is 11.8. The largest absolute Gasteiger partial charge is 0.493 e. The van der Waals surface area contributed by atoms with Gasteiger partial charge in [-0.25, -0.2) is 8.42 Å². The minimum atomic E-state index is -4.22. The van der Waals surface area contributed by atoms with Gasteiger partial charge in [0.05, 0.1) is 24.8 Å². The molecule has 0 fully saturated rings. The molecule has 0 aliphatic rings. The van der Waals surface area contributed by atoms with Gasteiger partial charge >= 0.3 is 0 Å². The molecule has 0 unspecified atom stereocenters. The van der Waals surface area contributed by atoms with Gasteiger partial charge in [0.15, 0.2) is 11.5 Å². The number of nitrogens with zero attached hydrogens (tertiary/aromatic N) is 2. The molecule has 10 heteroatoms. The summed E-state index contributed by atoms with van der Waals surface area (Å²) in [5, 5.41) is 2.89. The van der Waals surface area contributed by atoms with Crippen LogP contribution in [0.2, 0.25) is 0 Å². The molecular formula is C31H39N3O6S. The number of sulfonamides is 1. The first-order valence-corrected chi connectivity index (χ1v) is 15.1. The highest BCUT2D eigenvalue weighted by molar-refractivity contribution is 7.92. The number of benzene rings is 3. The van der Waals surface area contributed by atoms with E-state index in [4.69, 9.17) is 9.47 Å². The summed E-state index contributed by atoms with van der Waals surface area (Å²) in [6, 6.07) is 21.6. The van der Waals surface area contributed by atoms with E-state index < -0.39 is 28.5 Å². The number of methoxy groups -OCH3 is 2. The number of anilines is 1. The van der Waals surface area contributed by atoms with E-state index in [-0.39, 0.29) is 23.1 Å². The van der Waals surface area contributed by atoms with Crippen molar-refractivity contribution in [2.45, 2.75) is 44.0 Å². The van der Waals surface area contributed by atoms with Crippen LogP contribution in [0.5, 0.6) is 11.5 Å². The standard InChI is InChI=1S/C31H39N3O6S/c1-5-20-32-31(36)27(6-2)33(21-19-24-13-9-7-10-14-24)30(35)23-34(25-15-11-8-12-16-25)41(37,38)26-17-18-28(39-3)29(22-26)40-4/h7-18,22,27H,5-6,19-21,23H2,1-4H3,(H,32,36)/t27-/m1/s1. The molecule has 1 atom stereocenters. The Morgan fingerprint density at radius 3 is 2.10 bits per heavy atom. The molecule has 1 N–H and O–H groups in total. The number of hydrogen-bond acceptors (Lipinski definition) is 6. The summed E-state index contributed by atoms with van der Waals surface area (Å²) in [7, 11) is -1.34. The fourth-order valence-electron chi connectivity index (χ4n) is 4.49. The fraction of sp³-hybridized carbons (Fsp3) is 0.355. The van der Waals surface area contributed by atoms with Gasteiger partial charge in [-0.15, -0.1) is 0 Å². The van der Waals surface area contributed by atoms with Crippen LogP contribution in [0.25, 0.3) is 0 Å². The van der Waals surface area contributed by atoms with Crippen LogP contribution >= 0.6 is 0 Å². The van der Waals surface area contributed by atoms with Crippen LogP contribution in [0.3, 0.4) is 0 Å². The number of para-hydroxylation sites is 1. The lowest BCUT2D eigenvalue weighted by atomic mass is 10.1. The fourth-order valence-corrected chi connectivity index (χ4v) is 5.92. The molecule has 220 valence electrons. The van der Waals surface area contributed by atoms with Crippen molar-refractivity contribution in [3.63, 3.8) is 0 Å². The molecule has 0 aliphatic carbocycles. The minimum Gasteiger partial charge on any atom is -0.493 e. The van der Waals surface area contributed by atoms with Crippen molar-refractivity contribution in [2.24, 2.45) is 0 Å². The second-order valence-corrected chi connectivity index (χ2v) is 11.3. The predicted octanol–water partition coefficient (Wildman–Crippen LogP) is 4.28. The molecule has 0 saturated carbocycles. The number of ether oxygens (including phenoxy) is 2. The van der Waals surface area contributed by atoms with Gasteiger partial charge < -0.3 is 19.7 Å². The first-order chi connectivity index (χ1) is 19.8. The van der Waals surface area contributed by atoms with Gasteiger partial charge in [-0.3, -0.25) is 13.9 Å². The quantitative estimate of drug-likeness (QED) is 0.287. The maximum absolute atomic E-state index is 14.0. The molecule has 0 radical (unpaired) electrons. The Balaban J connectivity index is 2.01. The zero-order valence-electron chi connectivity index (χ0n) is 24.1. The van der Waals surface area contributed by atoms with E-state index in [9.17, 15) is 18.0 Å².